The van der Waals surface area contributed by atoms with Crippen LogP contribution in [-0.2, 0) is 0 Å². The van der Waals surface area contributed by atoms with Crippen molar-refractivity contribution in [2.24, 2.45) is 0 Å². The van der Waals surface area contributed by atoms with Gasteiger partial charge >= 0.3 is 0 Å². The molecule has 0 aromatic heterocycles. The van der Waals surface area contributed by atoms with Gasteiger partial charge in [0.05, 0.1) is 0 Å². The van der Waals surface area contributed by atoms with Gasteiger partial charge in [-0.15, -0.1) is 0 Å². The minimum absolute atomic E-state index is 0.872. The molecule has 2 aromatic carbocycles. The van der Waals surface area contributed by atoms with E-state index in [-0.39, 0.29) is 0 Å². The van der Waals surface area contributed by atoms with Crippen LogP contribution < -0.4 is 4.74 Å². The molecule has 0 bridgehead atoms. The second kappa shape index (κ2) is 7.43. The number of piperazine rings is 1. The molecule has 1 aliphatic rings. The number of nitrogens with zero attached hydrogens (tertiary/aromatic N) is 2. The molecule has 0 spiro atoms. The third kappa shape index (κ3) is 4.33. The predicted molar refractivity (Wildman–Crippen MR) is 90.3 cm³/mol. The van der Waals surface area contributed by atoms with E-state index in [1.807, 2.05) is 42.5 Å². The fraction of sp³-hybridized carbons (Fsp3) is 0.316. The molecule has 0 aliphatic carbocycles. The van der Waals surface area contributed by atoms with Crippen molar-refractivity contribution in [3.8, 4) is 11.5 Å². The molecule has 3 rings (SSSR count). The zero-order chi connectivity index (χ0) is 15.2. The van der Waals surface area contributed by atoms with Gasteiger partial charge in [0.1, 0.15) is 11.5 Å². The summed E-state index contributed by atoms with van der Waals surface area (Å²) in [6, 6.07) is 18.2. The first kappa shape index (κ1) is 15.1. The van der Waals surface area contributed by atoms with Gasteiger partial charge in [0.25, 0.3) is 0 Å². The van der Waals surface area contributed by atoms with Crippen LogP contribution in [-0.4, -0.2) is 49.6 Å². The van der Waals surface area contributed by atoms with E-state index in [2.05, 4.69) is 35.4 Å². The molecular weight excluding hydrogens is 272 g/mol. The Balaban J connectivity index is 1.49. The Labute approximate surface area is 133 Å². The lowest BCUT2D eigenvalue weighted by molar-refractivity contribution is 0.164. The van der Waals surface area contributed by atoms with Gasteiger partial charge in [-0.1, -0.05) is 30.3 Å². The Hall–Kier alpha value is -1.84. The summed E-state index contributed by atoms with van der Waals surface area (Å²) in [7, 11) is 2.19. The van der Waals surface area contributed by atoms with Gasteiger partial charge in [0, 0.05) is 39.1 Å². The Kier molecular flexibility index (Phi) is 5.09. The summed E-state index contributed by atoms with van der Waals surface area (Å²) in [5.41, 5.74) is 1.25. The van der Waals surface area contributed by atoms with Crippen LogP contribution in [0.5, 0.6) is 11.5 Å². The molecule has 3 nitrogen and oxygen atoms in total. The van der Waals surface area contributed by atoms with Crippen LogP contribution in [0.15, 0.2) is 54.6 Å². The number of rotatable bonds is 5. The number of para-hydroxylation sites is 1. The van der Waals surface area contributed by atoms with Crippen molar-refractivity contribution in [2.45, 2.75) is 0 Å². The summed E-state index contributed by atoms with van der Waals surface area (Å²) in [4.78, 5) is 4.88. The van der Waals surface area contributed by atoms with Gasteiger partial charge in [-0.3, -0.25) is 0 Å². The Morgan fingerprint density at radius 2 is 1.50 bits per heavy atom. The summed E-state index contributed by atoms with van der Waals surface area (Å²) in [6.45, 7) is 5.66. The molecule has 1 heterocycles. The van der Waals surface area contributed by atoms with Crippen LogP contribution in [0.25, 0.3) is 0 Å². The maximum Gasteiger partial charge on any atom is 0.127 e. The minimum atomic E-state index is 0.872. The Morgan fingerprint density at radius 3 is 2.18 bits per heavy atom. The van der Waals surface area contributed by atoms with Crippen LogP contribution in [0.1, 0.15) is 5.56 Å². The van der Waals surface area contributed by atoms with Crippen molar-refractivity contribution in [3.63, 3.8) is 0 Å². The standard InChI is InChI=1S/C19H23N2O/c1-20-13-15-21(16-14-20)12-11-17-7-9-19(10-8-17)22-18-5-3-2-4-6-18/h2-11H,12-16H2,1H3. The van der Waals surface area contributed by atoms with Crippen LogP contribution >= 0.6 is 0 Å². The second-order valence-corrected chi connectivity index (χ2v) is 5.79. The summed E-state index contributed by atoms with van der Waals surface area (Å²) in [6.07, 6.45) is 2.29. The largest absolute Gasteiger partial charge is 0.457 e. The molecule has 22 heavy (non-hydrogen) atoms. The third-order valence-corrected chi connectivity index (χ3v) is 4.04. The summed E-state index contributed by atoms with van der Waals surface area (Å²) in [5, 5.41) is 0. The highest BCUT2D eigenvalue weighted by atomic mass is 16.5. The van der Waals surface area contributed by atoms with Gasteiger partial charge in [-0.2, -0.15) is 0 Å². The van der Waals surface area contributed by atoms with Crippen LogP contribution in [0, 0.1) is 6.42 Å². The van der Waals surface area contributed by atoms with Gasteiger partial charge in [0.15, 0.2) is 0 Å². The molecule has 0 saturated carbocycles. The lowest BCUT2D eigenvalue weighted by Crippen LogP contribution is -2.44. The van der Waals surface area contributed by atoms with Crippen LogP contribution in [0.4, 0.5) is 0 Å². The van der Waals surface area contributed by atoms with Gasteiger partial charge in [0.2, 0.25) is 0 Å². The SMILES string of the molecule is CN1CCN(C[CH]c2ccc(Oc3ccccc3)cc2)CC1. The summed E-state index contributed by atoms with van der Waals surface area (Å²) < 4.78 is 5.81. The Bertz CT molecular complexity index is 560. The number of likely N-dealkylation sites (N-methyl/N-ethyl adjacent to an activating group) is 1. The van der Waals surface area contributed by atoms with E-state index in [9.17, 15) is 0 Å². The molecular formula is C19H23N2O. The van der Waals surface area contributed by atoms with E-state index in [0.717, 1.165) is 44.2 Å². The molecule has 0 unspecified atom stereocenters. The zero-order valence-electron chi connectivity index (χ0n) is 13.1. The van der Waals surface area contributed by atoms with Crippen LogP contribution in [0.2, 0.25) is 0 Å². The first-order valence-electron chi connectivity index (χ1n) is 7.87. The highest BCUT2D eigenvalue weighted by Gasteiger charge is 2.13. The normalized spacial score (nSPS) is 16.6. The van der Waals surface area contributed by atoms with Crippen molar-refractivity contribution < 1.29 is 4.74 Å². The van der Waals surface area contributed by atoms with Gasteiger partial charge in [-0.25, -0.2) is 0 Å². The molecule has 115 valence electrons. The average molecular weight is 295 g/mol. The lowest BCUT2D eigenvalue weighted by Gasteiger charge is -2.32. The van der Waals surface area contributed by atoms with Gasteiger partial charge < -0.3 is 14.5 Å². The lowest BCUT2D eigenvalue weighted by atomic mass is 10.1. The quantitative estimate of drug-likeness (QED) is 0.842. The first-order chi connectivity index (χ1) is 10.8. The Morgan fingerprint density at radius 1 is 0.864 bits per heavy atom. The van der Waals surface area contributed by atoms with Crippen molar-refractivity contribution in [1.29, 1.82) is 0 Å². The van der Waals surface area contributed by atoms with Crippen molar-refractivity contribution in [3.05, 3.63) is 66.6 Å². The minimum Gasteiger partial charge on any atom is -0.457 e. The molecule has 0 amide bonds. The van der Waals surface area contributed by atoms with E-state index in [0.29, 0.717) is 0 Å². The molecule has 1 saturated heterocycles. The average Bonchev–Trinajstić information content (AvgIpc) is 2.57. The van der Waals surface area contributed by atoms with Crippen LogP contribution in [0.3, 0.4) is 0 Å². The highest BCUT2D eigenvalue weighted by molar-refractivity contribution is 5.35. The molecule has 1 aliphatic heterocycles. The van der Waals surface area contributed by atoms with E-state index < -0.39 is 0 Å². The highest BCUT2D eigenvalue weighted by Crippen LogP contribution is 2.21. The fourth-order valence-electron chi connectivity index (χ4n) is 2.56. The predicted octanol–water partition coefficient (Wildman–Crippen LogP) is 3.28. The monoisotopic (exact) mass is 295 g/mol. The maximum atomic E-state index is 5.81. The molecule has 2 aromatic rings. The molecule has 3 heteroatoms. The van der Waals surface area contributed by atoms with E-state index >= 15 is 0 Å². The molecule has 0 N–H and O–H groups in total. The maximum absolute atomic E-state index is 5.81. The smallest absolute Gasteiger partial charge is 0.127 e. The first-order valence-corrected chi connectivity index (χ1v) is 7.87. The summed E-state index contributed by atoms with van der Waals surface area (Å²) in [5.74, 6) is 1.75. The van der Waals surface area contributed by atoms with Crippen molar-refractivity contribution in [2.75, 3.05) is 39.8 Å². The number of ether oxygens (including phenoxy) is 1. The van der Waals surface area contributed by atoms with E-state index in [1.54, 1.807) is 0 Å². The number of hydrogen-bond acceptors (Lipinski definition) is 3. The summed E-state index contributed by atoms with van der Waals surface area (Å²) >= 11 is 0. The van der Waals surface area contributed by atoms with E-state index in [4.69, 9.17) is 4.74 Å². The molecule has 1 fully saturated rings. The molecule has 0 atom stereocenters. The van der Waals surface area contributed by atoms with Crippen molar-refractivity contribution in [1.82, 2.24) is 9.80 Å². The number of benzene rings is 2. The third-order valence-electron chi connectivity index (χ3n) is 4.04. The topological polar surface area (TPSA) is 15.7 Å². The molecule has 1 radical (unpaired) electrons. The van der Waals surface area contributed by atoms with E-state index in [1.165, 1.54) is 5.56 Å². The van der Waals surface area contributed by atoms with Crippen molar-refractivity contribution >= 4 is 0 Å². The number of hydrogen-bond donors (Lipinski definition) is 0. The fourth-order valence-corrected chi connectivity index (χ4v) is 2.56. The zero-order valence-corrected chi connectivity index (χ0v) is 13.1. The second-order valence-electron chi connectivity index (χ2n) is 5.79. The van der Waals surface area contributed by atoms with Gasteiger partial charge in [-0.05, 0) is 36.9 Å².